The molecule has 0 fully saturated rings. The summed E-state index contributed by atoms with van der Waals surface area (Å²) in [7, 11) is 0. The van der Waals surface area contributed by atoms with Gasteiger partial charge in [0.2, 0.25) is 0 Å². The fourth-order valence-corrected chi connectivity index (χ4v) is 3.44. The number of hydrogen-bond acceptors (Lipinski definition) is 5. The molecule has 0 saturated heterocycles. The number of carbonyl (C=O) groups is 1. The van der Waals surface area contributed by atoms with Crippen molar-refractivity contribution >= 4 is 28.9 Å². The number of carbonyl (C=O) groups excluding carboxylic acids is 1. The smallest absolute Gasteiger partial charge is 0.124 e. The molecule has 7 heteroatoms. The van der Waals surface area contributed by atoms with Crippen molar-refractivity contribution in [2.24, 2.45) is 0 Å². The monoisotopic (exact) mass is 390 g/mol. The highest BCUT2D eigenvalue weighted by atomic mass is 35.5. The maximum absolute atomic E-state index is 13.1. The van der Waals surface area contributed by atoms with E-state index in [2.05, 4.69) is 4.98 Å². The first kappa shape index (κ1) is 18.4. The molecule has 0 saturated carbocycles. The molecule has 0 radical (unpaired) electrons. The van der Waals surface area contributed by atoms with Gasteiger partial charge in [0, 0.05) is 22.9 Å². The Bertz CT molecular complexity index is 958. The number of nitrogens with zero attached hydrogens (tertiary/aromatic N) is 1. The molecule has 134 valence electrons. The van der Waals surface area contributed by atoms with Gasteiger partial charge in [-0.15, -0.1) is 11.3 Å². The topological polar surface area (TPSA) is 62.2 Å². The van der Waals surface area contributed by atoms with Gasteiger partial charge in [-0.25, -0.2) is 9.37 Å². The van der Waals surface area contributed by atoms with Gasteiger partial charge < -0.3 is 14.6 Å². The van der Waals surface area contributed by atoms with E-state index in [1.807, 2.05) is 25.1 Å². The Labute approximate surface area is 158 Å². The molecule has 4 nitrogen and oxygen atoms in total. The Hall–Kier alpha value is -2.44. The summed E-state index contributed by atoms with van der Waals surface area (Å²) in [5.41, 5.74) is 2.53. The van der Waals surface area contributed by atoms with E-state index in [1.165, 1.54) is 28.8 Å². The lowest BCUT2D eigenvalue weighted by atomic mass is 10.1. The third-order valence-electron chi connectivity index (χ3n) is 3.72. The average molecular weight is 391 g/mol. The second-order valence-electron chi connectivity index (χ2n) is 5.73. The number of ether oxygens (including phenoxy) is 1. The molecule has 3 rings (SSSR count). The minimum atomic E-state index is -1.29. The van der Waals surface area contributed by atoms with Crippen LogP contribution in [0.15, 0.2) is 41.8 Å². The van der Waals surface area contributed by atoms with Crippen molar-refractivity contribution < 1.29 is 19.0 Å². The molecule has 2 aromatic carbocycles. The van der Waals surface area contributed by atoms with Gasteiger partial charge in [-0.05, 0) is 25.1 Å². The van der Waals surface area contributed by atoms with E-state index in [1.54, 1.807) is 6.07 Å². The first-order chi connectivity index (χ1) is 12.4. The Morgan fingerprint density at radius 2 is 2.08 bits per heavy atom. The summed E-state index contributed by atoms with van der Waals surface area (Å²) >= 11 is 7.29. The molecule has 26 heavy (non-hydrogen) atoms. The van der Waals surface area contributed by atoms with Gasteiger partial charge in [0.15, 0.2) is 0 Å². The number of thiazole rings is 1. The van der Waals surface area contributed by atoms with Crippen molar-refractivity contribution in [3.8, 4) is 5.75 Å². The lowest BCUT2D eigenvalue weighted by Gasteiger charge is -2.13. The fraction of sp³-hybridized carbons (Fsp3) is 0.158. The van der Waals surface area contributed by atoms with Crippen LogP contribution in [0.2, 0.25) is 5.02 Å². The van der Waals surface area contributed by atoms with Gasteiger partial charge in [0.05, 0.1) is 21.7 Å². The largest absolute Gasteiger partial charge is 0.543 e. The summed E-state index contributed by atoms with van der Waals surface area (Å²) < 4.78 is 19.0. The van der Waals surface area contributed by atoms with Crippen LogP contribution in [-0.4, -0.2) is 11.0 Å². The molecule has 0 aliphatic carbocycles. The second kappa shape index (κ2) is 7.85. The molecule has 0 atom stereocenters. The van der Waals surface area contributed by atoms with Crippen molar-refractivity contribution in [2.45, 2.75) is 20.0 Å². The highest BCUT2D eigenvalue weighted by molar-refractivity contribution is 7.09. The maximum atomic E-state index is 13.1. The summed E-state index contributed by atoms with van der Waals surface area (Å²) in [6.45, 7) is 2.15. The number of aromatic carboxylic acids is 1. The predicted octanol–water partition coefficient (Wildman–Crippen LogP) is 3.78. The highest BCUT2D eigenvalue weighted by Crippen LogP contribution is 2.26. The fourth-order valence-electron chi connectivity index (χ4n) is 2.43. The lowest BCUT2D eigenvalue weighted by Crippen LogP contribution is -2.22. The highest BCUT2D eigenvalue weighted by Gasteiger charge is 2.11. The first-order valence-electron chi connectivity index (χ1n) is 7.74. The minimum absolute atomic E-state index is 0.0711. The molecule has 1 aromatic heterocycles. The van der Waals surface area contributed by atoms with Crippen molar-refractivity contribution in [3.63, 3.8) is 0 Å². The minimum Gasteiger partial charge on any atom is -0.543 e. The molecule has 0 N–H and O–H groups in total. The third-order valence-corrected chi connectivity index (χ3v) is 4.92. The molecular formula is C19H14ClFNO3S-. The molecule has 0 spiro atoms. The molecular weight excluding hydrogens is 377 g/mol. The summed E-state index contributed by atoms with van der Waals surface area (Å²) in [6, 6.07) is 9.88. The van der Waals surface area contributed by atoms with Crippen molar-refractivity contribution in [2.75, 3.05) is 0 Å². The number of aromatic nitrogens is 1. The standard InChI is InChI=1S/C19H15ClFNO3S/c1-11-2-5-17(25-9-12-3-4-14(21)8-15(12)20)13(6-11)7-18-22-16(10-26-18)19(23)24/h2-6,8,10H,7,9H2,1H3,(H,23,24)/p-1. The molecule has 0 amide bonds. The molecule has 0 bridgehead atoms. The van der Waals surface area contributed by atoms with Crippen LogP contribution < -0.4 is 9.84 Å². The summed E-state index contributed by atoms with van der Waals surface area (Å²) in [5, 5.41) is 13.3. The summed E-state index contributed by atoms with van der Waals surface area (Å²) in [6.07, 6.45) is 0.437. The molecule has 0 unspecified atom stereocenters. The van der Waals surface area contributed by atoms with Gasteiger partial charge in [0.1, 0.15) is 18.2 Å². The number of aryl methyl sites for hydroxylation is 1. The summed E-state index contributed by atoms with van der Waals surface area (Å²) in [5.74, 6) is -1.05. The average Bonchev–Trinajstić information content (AvgIpc) is 3.04. The van der Waals surface area contributed by atoms with E-state index in [-0.39, 0.29) is 12.3 Å². The van der Waals surface area contributed by atoms with Gasteiger partial charge >= 0.3 is 0 Å². The second-order valence-corrected chi connectivity index (χ2v) is 7.08. The van der Waals surface area contributed by atoms with Gasteiger partial charge in [-0.1, -0.05) is 35.4 Å². The van der Waals surface area contributed by atoms with E-state index in [9.17, 15) is 14.3 Å². The van der Waals surface area contributed by atoms with Crippen LogP contribution in [0.4, 0.5) is 4.39 Å². The van der Waals surface area contributed by atoms with Crippen LogP contribution in [0.3, 0.4) is 0 Å². The van der Waals surface area contributed by atoms with E-state index in [0.29, 0.717) is 27.8 Å². The van der Waals surface area contributed by atoms with E-state index >= 15 is 0 Å². The molecule has 3 aromatic rings. The first-order valence-corrected chi connectivity index (χ1v) is 9.00. The van der Waals surface area contributed by atoms with Crippen LogP contribution in [0.25, 0.3) is 0 Å². The van der Waals surface area contributed by atoms with Crippen LogP contribution >= 0.6 is 22.9 Å². The number of benzene rings is 2. The Morgan fingerprint density at radius 3 is 2.77 bits per heavy atom. The predicted molar refractivity (Wildman–Crippen MR) is 96.2 cm³/mol. The van der Waals surface area contributed by atoms with Crippen LogP contribution in [0, 0.1) is 12.7 Å². The maximum Gasteiger partial charge on any atom is 0.124 e. The number of carboxylic acid groups (broad SMARTS) is 1. The van der Waals surface area contributed by atoms with Crippen molar-refractivity contribution in [1.82, 2.24) is 4.98 Å². The number of carboxylic acids is 1. The summed E-state index contributed by atoms with van der Waals surface area (Å²) in [4.78, 5) is 14.9. The van der Waals surface area contributed by atoms with Gasteiger partial charge in [-0.3, -0.25) is 0 Å². The van der Waals surface area contributed by atoms with Gasteiger partial charge in [-0.2, -0.15) is 0 Å². The lowest BCUT2D eigenvalue weighted by molar-refractivity contribution is -0.255. The number of rotatable bonds is 6. The quantitative estimate of drug-likeness (QED) is 0.642. The SMILES string of the molecule is Cc1ccc(OCc2ccc(F)cc2Cl)c(Cc2nc(C(=O)[O-])cs2)c1. The van der Waals surface area contributed by atoms with Crippen molar-refractivity contribution in [1.29, 1.82) is 0 Å². The molecule has 1 heterocycles. The zero-order chi connectivity index (χ0) is 18.7. The number of halogens is 2. The Kier molecular flexibility index (Phi) is 5.54. The molecule has 0 aliphatic heterocycles. The van der Waals surface area contributed by atoms with Gasteiger partial charge in [0.25, 0.3) is 0 Å². The van der Waals surface area contributed by atoms with Crippen LogP contribution in [0.5, 0.6) is 5.75 Å². The zero-order valence-electron chi connectivity index (χ0n) is 13.8. The normalized spacial score (nSPS) is 10.7. The zero-order valence-corrected chi connectivity index (χ0v) is 15.4. The van der Waals surface area contributed by atoms with E-state index in [4.69, 9.17) is 16.3 Å². The van der Waals surface area contributed by atoms with E-state index < -0.39 is 11.8 Å². The molecule has 0 aliphatic rings. The Morgan fingerprint density at radius 1 is 1.27 bits per heavy atom. The van der Waals surface area contributed by atoms with E-state index in [0.717, 1.165) is 11.1 Å². The number of hydrogen-bond donors (Lipinski definition) is 0. The van der Waals surface area contributed by atoms with Crippen LogP contribution in [-0.2, 0) is 13.0 Å². The van der Waals surface area contributed by atoms with Crippen molar-refractivity contribution in [3.05, 3.63) is 80.0 Å². The Balaban J connectivity index is 1.79. The third kappa shape index (κ3) is 4.39. The van der Waals surface area contributed by atoms with Crippen LogP contribution in [0.1, 0.15) is 32.2 Å².